The molecule has 0 aliphatic carbocycles. The molecule has 0 radical (unpaired) electrons. The molecule has 0 aliphatic rings. The minimum Gasteiger partial charge on any atom is -0.283 e. The van der Waals surface area contributed by atoms with Crippen LogP contribution in [0.4, 0.5) is 4.39 Å². The largest absolute Gasteiger partial charge is 0.283 e. The van der Waals surface area contributed by atoms with E-state index in [1.165, 1.54) is 35.5 Å². The monoisotopic (exact) mass is 340 g/mol. The molecule has 0 unspecified atom stereocenters. The molecule has 0 bridgehead atoms. The normalized spacial score (nSPS) is 10.8. The van der Waals surface area contributed by atoms with Gasteiger partial charge in [0.15, 0.2) is 5.16 Å². The average molecular weight is 340 g/mol. The van der Waals surface area contributed by atoms with Crippen LogP contribution in [-0.2, 0) is 12.3 Å². The molecule has 3 aromatic rings. The zero-order valence-electron chi connectivity index (χ0n) is 13.3. The van der Waals surface area contributed by atoms with E-state index >= 15 is 0 Å². The first-order valence-electron chi connectivity index (χ1n) is 7.61. The van der Waals surface area contributed by atoms with Gasteiger partial charge in [-0.05, 0) is 30.2 Å². The van der Waals surface area contributed by atoms with Gasteiger partial charge < -0.3 is 0 Å². The minimum absolute atomic E-state index is 0.0950. The van der Waals surface area contributed by atoms with Crippen molar-refractivity contribution in [2.45, 2.75) is 24.4 Å². The third-order valence-electron chi connectivity index (χ3n) is 3.57. The first-order valence-corrected chi connectivity index (χ1v) is 8.60. The van der Waals surface area contributed by atoms with Crippen molar-refractivity contribution in [2.24, 2.45) is 0 Å². The summed E-state index contributed by atoms with van der Waals surface area (Å²) in [6, 6.07) is 17.8. The van der Waals surface area contributed by atoms with Crippen LogP contribution in [0.2, 0.25) is 0 Å². The van der Waals surface area contributed by atoms with Crippen molar-refractivity contribution in [3.05, 3.63) is 93.7 Å². The Morgan fingerprint density at radius 3 is 2.46 bits per heavy atom. The fourth-order valence-corrected chi connectivity index (χ4v) is 3.35. The quantitative estimate of drug-likeness (QED) is 0.519. The lowest BCUT2D eigenvalue weighted by Gasteiger charge is -2.12. The summed E-state index contributed by atoms with van der Waals surface area (Å²) in [5.74, 6) is 0.451. The lowest BCUT2D eigenvalue weighted by Crippen LogP contribution is -2.23. The first kappa shape index (κ1) is 16.5. The van der Waals surface area contributed by atoms with E-state index in [1.54, 1.807) is 16.7 Å². The maximum absolute atomic E-state index is 13.1. The summed E-state index contributed by atoms with van der Waals surface area (Å²) in [6.07, 6.45) is 0. The summed E-state index contributed by atoms with van der Waals surface area (Å²) in [4.78, 5) is 16.9. The van der Waals surface area contributed by atoms with Gasteiger partial charge in [-0.25, -0.2) is 9.37 Å². The molecule has 0 spiro atoms. The van der Waals surface area contributed by atoms with Crippen molar-refractivity contribution >= 4 is 11.8 Å². The van der Waals surface area contributed by atoms with Crippen LogP contribution in [0.5, 0.6) is 0 Å². The number of hydrogen-bond acceptors (Lipinski definition) is 3. The Bertz CT molecular complexity index is 876. The lowest BCUT2D eigenvalue weighted by atomic mass is 10.2. The third kappa shape index (κ3) is 4.11. The number of aryl methyl sites for hydroxylation is 1. The van der Waals surface area contributed by atoms with Gasteiger partial charge in [0.2, 0.25) is 0 Å². The summed E-state index contributed by atoms with van der Waals surface area (Å²) in [6.45, 7) is 2.19. The Morgan fingerprint density at radius 2 is 1.75 bits per heavy atom. The molecule has 0 aliphatic heterocycles. The molecule has 24 heavy (non-hydrogen) atoms. The Hall–Kier alpha value is -2.40. The molecule has 0 N–H and O–H groups in total. The van der Waals surface area contributed by atoms with Crippen LogP contribution in [-0.4, -0.2) is 9.55 Å². The molecule has 0 fully saturated rings. The van der Waals surface area contributed by atoms with Crippen molar-refractivity contribution in [1.29, 1.82) is 0 Å². The second kappa shape index (κ2) is 7.45. The molecule has 1 aromatic heterocycles. The van der Waals surface area contributed by atoms with E-state index in [4.69, 9.17) is 0 Å². The van der Waals surface area contributed by atoms with Gasteiger partial charge >= 0.3 is 0 Å². The molecule has 0 atom stereocenters. The average Bonchev–Trinajstić information content (AvgIpc) is 2.58. The topological polar surface area (TPSA) is 34.9 Å². The highest BCUT2D eigenvalue weighted by molar-refractivity contribution is 7.98. The van der Waals surface area contributed by atoms with Gasteiger partial charge in [-0.2, -0.15) is 0 Å². The molecule has 2 aromatic carbocycles. The highest BCUT2D eigenvalue weighted by atomic mass is 32.2. The van der Waals surface area contributed by atoms with Crippen molar-refractivity contribution in [1.82, 2.24) is 9.55 Å². The molecule has 1 heterocycles. The number of hydrogen-bond donors (Lipinski definition) is 0. The summed E-state index contributed by atoms with van der Waals surface area (Å²) in [5, 5.41) is 0.674. The smallest absolute Gasteiger partial charge is 0.254 e. The van der Waals surface area contributed by atoms with E-state index in [0.29, 0.717) is 17.4 Å². The molecule has 0 saturated carbocycles. The van der Waals surface area contributed by atoms with Gasteiger partial charge in [0.25, 0.3) is 5.56 Å². The molecule has 122 valence electrons. The van der Waals surface area contributed by atoms with E-state index in [1.807, 2.05) is 37.3 Å². The van der Waals surface area contributed by atoms with Crippen LogP contribution in [0.15, 0.2) is 70.6 Å². The van der Waals surface area contributed by atoms with Crippen LogP contribution in [0.25, 0.3) is 0 Å². The van der Waals surface area contributed by atoms with Gasteiger partial charge in [0.1, 0.15) is 5.82 Å². The Labute approximate surface area is 144 Å². The van der Waals surface area contributed by atoms with Gasteiger partial charge in [0.05, 0.1) is 6.54 Å². The van der Waals surface area contributed by atoms with Crippen molar-refractivity contribution in [3.63, 3.8) is 0 Å². The molecular weight excluding hydrogens is 323 g/mol. The number of nitrogens with zero attached hydrogens (tertiary/aromatic N) is 2. The highest BCUT2D eigenvalue weighted by Crippen LogP contribution is 2.21. The van der Waals surface area contributed by atoms with Crippen molar-refractivity contribution in [2.75, 3.05) is 0 Å². The predicted octanol–water partition coefficient (Wildman–Crippen LogP) is 4.03. The predicted molar refractivity (Wildman–Crippen MR) is 94.7 cm³/mol. The molecule has 3 rings (SSSR count). The van der Waals surface area contributed by atoms with E-state index in [9.17, 15) is 9.18 Å². The standard InChI is InChI=1S/C19H17FN2OS/c1-14-11-18(23)22(12-15-7-9-17(20)10-8-15)19(21-14)24-13-16-5-3-2-4-6-16/h2-11H,12-13H2,1H3. The fourth-order valence-electron chi connectivity index (χ4n) is 2.34. The van der Waals surface area contributed by atoms with E-state index < -0.39 is 0 Å². The Balaban J connectivity index is 1.87. The third-order valence-corrected chi connectivity index (χ3v) is 4.61. The fraction of sp³-hybridized carbons (Fsp3) is 0.158. The molecule has 0 amide bonds. The summed E-state index contributed by atoms with van der Waals surface area (Å²) < 4.78 is 14.7. The number of rotatable bonds is 5. The SMILES string of the molecule is Cc1cc(=O)n(Cc2ccc(F)cc2)c(SCc2ccccc2)n1. The first-order chi connectivity index (χ1) is 11.6. The second-order valence-corrected chi connectivity index (χ2v) is 6.45. The van der Waals surface area contributed by atoms with E-state index in [0.717, 1.165) is 11.3 Å². The summed E-state index contributed by atoms with van der Waals surface area (Å²) in [7, 11) is 0. The maximum Gasteiger partial charge on any atom is 0.254 e. The summed E-state index contributed by atoms with van der Waals surface area (Å²) in [5.41, 5.74) is 2.64. The minimum atomic E-state index is -0.285. The Kier molecular flexibility index (Phi) is 5.11. The van der Waals surface area contributed by atoms with Gasteiger partial charge in [-0.1, -0.05) is 54.2 Å². The van der Waals surface area contributed by atoms with Crippen molar-refractivity contribution < 1.29 is 4.39 Å². The molecular formula is C19H17FN2OS. The van der Waals surface area contributed by atoms with Gasteiger partial charge in [-0.15, -0.1) is 0 Å². The number of thioether (sulfide) groups is 1. The molecule has 5 heteroatoms. The second-order valence-electron chi connectivity index (χ2n) is 5.51. The van der Waals surface area contributed by atoms with Crippen LogP contribution in [0.3, 0.4) is 0 Å². The number of benzene rings is 2. The van der Waals surface area contributed by atoms with Gasteiger partial charge in [-0.3, -0.25) is 9.36 Å². The zero-order valence-corrected chi connectivity index (χ0v) is 14.1. The molecule has 0 saturated heterocycles. The number of aromatic nitrogens is 2. The lowest BCUT2D eigenvalue weighted by molar-refractivity contribution is 0.619. The summed E-state index contributed by atoms with van der Waals surface area (Å²) >= 11 is 1.53. The van der Waals surface area contributed by atoms with Crippen LogP contribution in [0.1, 0.15) is 16.8 Å². The van der Waals surface area contributed by atoms with Crippen LogP contribution >= 0.6 is 11.8 Å². The zero-order chi connectivity index (χ0) is 16.9. The number of halogens is 1. The Morgan fingerprint density at radius 1 is 1.04 bits per heavy atom. The van der Waals surface area contributed by atoms with Crippen molar-refractivity contribution in [3.8, 4) is 0 Å². The molecule has 3 nitrogen and oxygen atoms in total. The van der Waals surface area contributed by atoms with Gasteiger partial charge in [0, 0.05) is 17.5 Å². The highest BCUT2D eigenvalue weighted by Gasteiger charge is 2.09. The van der Waals surface area contributed by atoms with E-state index in [-0.39, 0.29) is 11.4 Å². The maximum atomic E-state index is 13.1. The van der Waals surface area contributed by atoms with Crippen LogP contribution in [0, 0.1) is 12.7 Å². The van der Waals surface area contributed by atoms with E-state index in [2.05, 4.69) is 4.98 Å². The van der Waals surface area contributed by atoms with Crippen LogP contribution < -0.4 is 5.56 Å².